The molecule has 35 heavy (non-hydrogen) atoms. The molecule has 5 heteroatoms. The lowest BCUT2D eigenvalue weighted by Gasteiger charge is -2.52. The van der Waals surface area contributed by atoms with Crippen molar-refractivity contribution in [3.63, 3.8) is 0 Å². The Morgan fingerprint density at radius 1 is 0.914 bits per heavy atom. The van der Waals surface area contributed by atoms with Crippen molar-refractivity contribution in [2.45, 2.75) is 62.9 Å². The first kappa shape index (κ1) is 24.1. The van der Waals surface area contributed by atoms with E-state index < -0.39 is 5.41 Å². The molecule has 0 N–H and O–H groups in total. The van der Waals surface area contributed by atoms with E-state index in [-0.39, 0.29) is 18.0 Å². The van der Waals surface area contributed by atoms with Gasteiger partial charge in [-0.3, -0.25) is 9.59 Å². The summed E-state index contributed by atoms with van der Waals surface area (Å²) in [7, 11) is 1.86. The zero-order chi connectivity index (χ0) is 24.3. The topological polar surface area (TPSA) is 46.6 Å². The Morgan fingerprint density at radius 2 is 1.51 bits per heavy atom. The molecule has 1 unspecified atom stereocenters. The Labute approximate surface area is 209 Å². The van der Waals surface area contributed by atoms with Crippen molar-refractivity contribution in [2.24, 2.45) is 5.92 Å². The Hall–Kier alpha value is -2.66. The van der Waals surface area contributed by atoms with Crippen LogP contribution in [0.1, 0.15) is 56.9 Å². The number of quaternary nitrogens is 1. The van der Waals surface area contributed by atoms with Crippen LogP contribution in [-0.4, -0.2) is 55.7 Å². The number of rotatable bonds is 6. The molecule has 6 rings (SSSR count). The van der Waals surface area contributed by atoms with Crippen LogP contribution in [-0.2, 0) is 19.7 Å². The largest absolute Gasteiger partial charge is 0.455 e. The molecule has 1 atom stereocenters. The summed E-state index contributed by atoms with van der Waals surface area (Å²) in [5.41, 5.74) is 1.50. The van der Waals surface area contributed by atoms with Gasteiger partial charge in [-0.2, -0.15) is 0 Å². The van der Waals surface area contributed by atoms with E-state index in [1.54, 1.807) is 4.90 Å². The van der Waals surface area contributed by atoms with E-state index >= 15 is 0 Å². The lowest BCUT2D eigenvalue weighted by atomic mass is 9.74. The maximum Gasteiger partial charge on any atom is 0.317 e. The van der Waals surface area contributed by atoms with Gasteiger partial charge in [0, 0.05) is 31.5 Å². The average Bonchev–Trinajstić information content (AvgIpc) is 3.17. The molecule has 4 fully saturated rings. The number of hydrogen-bond donors (Lipinski definition) is 0. The van der Waals surface area contributed by atoms with Crippen LogP contribution in [0.25, 0.3) is 0 Å². The minimum absolute atomic E-state index is 0.0322. The van der Waals surface area contributed by atoms with Crippen molar-refractivity contribution in [1.29, 1.82) is 0 Å². The molecule has 3 saturated heterocycles. The number of amides is 1. The third kappa shape index (κ3) is 4.88. The quantitative estimate of drug-likeness (QED) is 0.332. The molecule has 2 bridgehead atoms. The van der Waals surface area contributed by atoms with Gasteiger partial charge in [0.25, 0.3) is 5.91 Å². The summed E-state index contributed by atoms with van der Waals surface area (Å²) in [4.78, 5) is 28.9. The highest BCUT2D eigenvalue weighted by molar-refractivity contribution is 5.93. The van der Waals surface area contributed by atoms with Crippen molar-refractivity contribution in [3.05, 3.63) is 66.2 Å². The molecular weight excluding hydrogens is 436 g/mol. The summed E-state index contributed by atoms with van der Waals surface area (Å²) in [5.74, 6) is 0.515. The molecule has 2 aromatic rings. The second-order valence-corrected chi connectivity index (χ2v) is 11.1. The van der Waals surface area contributed by atoms with E-state index in [0.717, 1.165) is 73.9 Å². The maximum absolute atomic E-state index is 13.9. The van der Waals surface area contributed by atoms with Crippen LogP contribution in [0.5, 0.6) is 0 Å². The van der Waals surface area contributed by atoms with Crippen molar-refractivity contribution < 1.29 is 18.8 Å². The number of piperidine rings is 3. The number of anilines is 1. The number of fused-ring (bicyclic) bond motifs is 3. The standard InChI is InChI=1S/C30H39N2O3/c1-31(26-14-8-5-9-15-26)28(33)23-32-20-16-24(17-21-32)27(22-32)35-29(34)30(18-10-2-3-11-19-30)25-12-6-4-7-13-25/h4-9,12-15,24,27H,2-3,10-11,16-23H2,1H3/q+1. The SMILES string of the molecule is CN(C(=O)C[N+]12CCC(CC1)C(OC(=O)C1(c3ccccc3)CCCCCC1)C2)c1ccccc1. The molecule has 3 aliphatic heterocycles. The fourth-order valence-electron chi connectivity index (χ4n) is 6.72. The molecule has 2 aromatic carbocycles. The van der Waals surface area contributed by atoms with Gasteiger partial charge in [0.1, 0.15) is 6.54 Å². The normalized spacial score (nSPS) is 27.6. The van der Waals surface area contributed by atoms with Crippen LogP contribution in [0, 0.1) is 5.92 Å². The van der Waals surface area contributed by atoms with Gasteiger partial charge in [0.15, 0.2) is 12.6 Å². The predicted octanol–water partition coefficient (Wildman–Crippen LogP) is 5.09. The van der Waals surface area contributed by atoms with E-state index in [9.17, 15) is 9.59 Å². The van der Waals surface area contributed by atoms with Crippen molar-refractivity contribution in [2.75, 3.05) is 38.1 Å². The highest BCUT2D eigenvalue weighted by Gasteiger charge is 2.51. The third-order valence-electron chi connectivity index (χ3n) is 8.96. The van der Waals surface area contributed by atoms with E-state index in [1.165, 1.54) is 12.8 Å². The number of nitrogens with zero attached hydrogens (tertiary/aromatic N) is 2. The van der Waals surface area contributed by atoms with Crippen molar-refractivity contribution >= 4 is 17.6 Å². The van der Waals surface area contributed by atoms with Gasteiger partial charge in [0.05, 0.1) is 18.5 Å². The first-order valence-electron chi connectivity index (χ1n) is 13.4. The number of ether oxygens (including phenoxy) is 1. The van der Waals surface area contributed by atoms with E-state index in [0.29, 0.717) is 12.5 Å². The van der Waals surface area contributed by atoms with Crippen LogP contribution in [0.3, 0.4) is 0 Å². The monoisotopic (exact) mass is 475 g/mol. The maximum atomic E-state index is 13.9. The van der Waals surface area contributed by atoms with Gasteiger partial charge in [0.2, 0.25) is 0 Å². The van der Waals surface area contributed by atoms with E-state index in [2.05, 4.69) is 12.1 Å². The summed E-state index contributed by atoms with van der Waals surface area (Å²) >= 11 is 0. The van der Waals surface area contributed by atoms with Crippen LogP contribution >= 0.6 is 0 Å². The number of carbonyl (C=O) groups excluding carboxylic acids is 2. The number of esters is 1. The fraction of sp³-hybridized carbons (Fsp3) is 0.533. The van der Waals surface area contributed by atoms with Gasteiger partial charge in [-0.15, -0.1) is 0 Å². The zero-order valence-corrected chi connectivity index (χ0v) is 21.0. The molecule has 4 aliphatic rings. The summed E-state index contributed by atoms with van der Waals surface area (Å²) in [6.07, 6.45) is 8.20. The molecular formula is C30H39N2O3+. The van der Waals surface area contributed by atoms with Gasteiger partial charge in [-0.1, -0.05) is 74.2 Å². The Kier molecular flexibility index (Phi) is 6.97. The van der Waals surface area contributed by atoms with Gasteiger partial charge >= 0.3 is 5.97 Å². The summed E-state index contributed by atoms with van der Waals surface area (Å²) in [6, 6.07) is 20.1. The average molecular weight is 476 g/mol. The van der Waals surface area contributed by atoms with E-state index in [4.69, 9.17) is 4.74 Å². The number of carbonyl (C=O) groups is 2. The molecule has 1 saturated carbocycles. The summed E-state index contributed by atoms with van der Waals surface area (Å²) < 4.78 is 7.19. The fourth-order valence-corrected chi connectivity index (χ4v) is 6.72. The molecule has 1 amide bonds. The predicted molar refractivity (Wildman–Crippen MR) is 138 cm³/mol. The molecule has 0 spiro atoms. The first-order valence-corrected chi connectivity index (χ1v) is 13.4. The third-order valence-corrected chi connectivity index (χ3v) is 8.96. The molecule has 1 aliphatic carbocycles. The molecule has 0 aromatic heterocycles. The van der Waals surface area contributed by atoms with Gasteiger partial charge in [-0.05, 0) is 30.5 Å². The Bertz CT molecular complexity index is 1010. The minimum Gasteiger partial charge on any atom is -0.455 e. The zero-order valence-electron chi connectivity index (χ0n) is 21.0. The first-order chi connectivity index (χ1) is 17.0. The number of benzene rings is 2. The van der Waals surface area contributed by atoms with Crippen molar-refractivity contribution in [3.8, 4) is 0 Å². The number of likely N-dealkylation sites (N-methyl/N-ethyl adjacent to an activating group) is 1. The second-order valence-electron chi connectivity index (χ2n) is 11.1. The lowest BCUT2D eigenvalue weighted by molar-refractivity contribution is -0.939. The van der Waals surface area contributed by atoms with Gasteiger partial charge in [-0.25, -0.2) is 0 Å². The minimum atomic E-state index is -0.530. The smallest absolute Gasteiger partial charge is 0.317 e. The van der Waals surface area contributed by atoms with Crippen LogP contribution in [0.4, 0.5) is 5.69 Å². The molecule has 0 radical (unpaired) electrons. The van der Waals surface area contributed by atoms with Gasteiger partial charge < -0.3 is 14.1 Å². The summed E-state index contributed by atoms with van der Waals surface area (Å²) in [6.45, 7) is 3.22. The summed E-state index contributed by atoms with van der Waals surface area (Å²) in [5, 5.41) is 0. The lowest BCUT2D eigenvalue weighted by Crippen LogP contribution is -2.67. The molecule has 5 nitrogen and oxygen atoms in total. The Balaban J connectivity index is 1.31. The number of para-hydroxylation sites is 1. The highest BCUT2D eigenvalue weighted by Crippen LogP contribution is 2.42. The number of hydrogen-bond acceptors (Lipinski definition) is 3. The van der Waals surface area contributed by atoms with E-state index in [1.807, 2.05) is 55.6 Å². The van der Waals surface area contributed by atoms with Crippen LogP contribution in [0.15, 0.2) is 60.7 Å². The van der Waals surface area contributed by atoms with Crippen LogP contribution < -0.4 is 4.90 Å². The van der Waals surface area contributed by atoms with Crippen LogP contribution in [0.2, 0.25) is 0 Å². The molecule has 186 valence electrons. The van der Waals surface area contributed by atoms with Crippen molar-refractivity contribution in [1.82, 2.24) is 0 Å². The second kappa shape index (κ2) is 10.1. The Morgan fingerprint density at radius 3 is 2.14 bits per heavy atom. The highest BCUT2D eigenvalue weighted by atomic mass is 16.5. The molecule has 3 heterocycles.